The minimum Gasteiger partial charge on any atom is -0.356 e. The maximum atomic E-state index is 12.2. The zero-order chi connectivity index (χ0) is 16.4. The van der Waals surface area contributed by atoms with Crippen LogP contribution >= 0.6 is 0 Å². The Balaban J connectivity index is 1.68. The van der Waals surface area contributed by atoms with Crippen molar-refractivity contribution in [3.05, 3.63) is 18.6 Å². The van der Waals surface area contributed by atoms with Gasteiger partial charge in [-0.1, -0.05) is 0 Å². The molecule has 1 aliphatic rings. The van der Waals surface area contributed by atoms with E-state index in [1.54, 1.807) is 19.6 Å². The second-order valence-electron chi connectivity index (χ2n) is 6.53. The number of aromatic nitrogens is 3. The lowest BCUT2D eigenvalue weighted by Crippen LogP contribution is -2.36. The lowest BCUT2D eigenvalue weighted by Gasteiger charge is -2.35. The number of nitrogens with one attached hydrogen (secondary N) is 1. The van der Waals surface area contributed by atoms with Gasteiger partial charge in [-0.25, -0.2) is 14.3 Å². The van der Waals surface area contributed by atoms with Gasteiger partial charge < -0.3 is 9.88 Å². The van der Waals surface area contributed by atoms with E-state index in [-0.39, 0.29) is 0 Å². The number of rotatable bonds is 4. The van der Waals surface area contributed by atoms with Crippen molar-refractivity contribution in [2.45, 2.75) is 31.7 Å². The summed E-state index contributed by atoms with van der Waals surface area (Å²) in [5.41, 5.74) is 0.880. The number of H-pyrrole nitrogens is 1. The number of fused-ring (bicyclic) bond motifs is 1. The number of aromatic amines is 1. The summed E-state index contributed by atoms with van der Waals surface area (Å²) in [6.45, 7) is 0. The maximum absolute atomic E-state index is 12.2. The lowest BCUT2D eigenvalue weighted by atomic mass is 9.86. The Labute approximate surface area is 137 Å². The molecule has 0 aromatic carbocycles. The van der Waals surface area contributed by atoms with E-state index in [2.05, 4.69) is 31.3 Å². The van der Waals surface area contributed by atoms with Crippen LogP contribution in [0.1, 0.15) is 25.7 Å². The van der Waals surface area contributed by atoms with Crippen LogP contribution in [0.3, 0.4) is 0 Å². The van der Waals surface area contributed by atoms with Crippen LogP contribution in [0.2, 0.25) is 0 Å². The zero-order valence-electron chi connectivity index (χ0n) is 14.0. The topological polar surface area (TPSA) is 74.2 Å². The van der Waals surface area contributed by atoms with Crippen LogP contribution in [0, 0.1) is 5.92 Å². The smallest absolute Gasteiger partial charge is 0.142 e. The van der Waals surface area contributed by atoms with Crippen molar-refractivity contribution < 1.29 is 4.21 Å². The molecular formula is C16H25N5OS. The Morgan fingerprint density at radius 1 is 1.35 bits per heavy atom. The Bertz CT molecular complexity index is 785. The van der Waals surface area contributed by atoms with Gasteiger partial charge in [0.2, 0.25) is 0 Å². The van der Waals surface area contributed by atoms with Gasteiger partial charge in [-0.05, 0) is 37.7 Å². The number of anilines is 1. The van der Waals surface area contributed by atoms with Crippen LogP contribution in [0.5, 0.6) is 0 Å². The van der Waals surface area contributed by atoms with E-state index in [0.29, 0.717) is 12.0 Å². The predicted octanol–water partition coefficient (Wildman–Crippen LogP) is 2.68. The highest BCUT2D eigenvalue weighted by Crippen LogP contribution is 2.32. The molecule has 7 heteroatoms. The van der Waals surface area contributed by atoms with E-state index < -0.39 is 9.73 Å². The first kappa shape index (κ1) is 16.2. The van der Waals surface area contributed by atoms with Crippen LogP contribution in [-0.4, -0.2) is 51.3 Å². The Hall–Kier alpha value is -1.63. The van der Waals surface area contributed by atoms with Gasteiger partial charge in [-0.3, -0.25) is 4.21 Å². The van der Waals surface area contributed by atoms with E-state index >= 15 is 0 Å². The molecular weight excluding hydrogens is 310 g/mol. The average Bonchev–Trinajstić information content (AvgIpc) is 3.03. The Morgan fingerprint density at radius 2 is 2.09 bits per heavy atom. The fraction of sp³-hybridized carbons (Fsp3) is 0.625. The first-order valence-electron chi connectivity index (χ1n) is 8.09. The largest absolute Gasteiger partial charge is 0.356 e. The van der Waals surface area contributed by atoms with Gasteiger partial charge in [0.1, 0.15) is 17.8 Å². The summed E-state index contributed by atoms with van der Waals surface area (Å²) in [4.78, 5) is 14.2. The normalized spacial score (nSPS) is 24.3. The molecule has 6 nitrogen and oxygen atoms in total. The molecule has 1 N–H and O–H groups in total. The molecule has 0 spiro atoms. The first-order chi connectivity index (χ1) is 11.0. The third kappa shape index (κ3) is 3.49. The molecule has 1 atom stereocenters. The van der Waals surface area contributed by atoms with Crippen molar-refractivity contribution in [1.82, 2.24) is 15.0 Å². The van der Waals surface area contributed by atoms with Gasteiger partial charge in [0, 0.05) is 48.1 Å². The summed E-state index contributed by atoms with van der Waals surface area (Å²) in [5, 5.41) is 1.07. The summed E-state index contributed by atoms with van der Waals surface area (Å²) in [6, 6.07) is 2.51. The molecule has 1 saturated carbocycles. The second-order valence-corrected chi connectivity index (χ2v) is 9.15. The van der Waals surface area contributed by atoms with Crippen LogP contribution in [0.15, 0.2) is 23.0 Å². The van der Waals surface area contributed by atoms with Crippen molar-refractivity contribution in [3.63, 3.8) is 0 Å². The van der Waals surface area contributed by atoms with Gasteiger partial charge >= 0.3 is 0 Å². The summed E-state index contributed by atoms with van der Waals surface area (Å²) < 4.78 is 16.2. The van der Waals surface area contributed by atoms with E-state index in [1.165, 1.54) is 0 Å². The molecule has 1 aliphatic carbocycles. The molecule has 0 amide bonds. The third-order valence-corrected chi connectivity index (χ3v) is 6.82. The highest BCUT2D eigenvalue weighted by Gasteiger charge is 2.27. The third-order valence-electron chi connectivity index (χ3n) is 4.96. The van der Waals surface area contributed by atoms with E-state index in [0.717, 1.165) is 48.3 Å². The lowest BCUT2D eigenvalue weighted by molar-refractivity contribution is 0.342. The number of hydrogen-bond acceptors (Lipinski definition) is 5. The molecule has 0 aliphatic heterocycles. The molecule has 126 valence electrons. The number of hydrogen-bond donors (Lipinski definition) is 1. The molecule has 2 aromatic heterocycles. The van der Waals surface area contributed by atoms with Crippen molar-refractivity contribution in [2.24, 2.45) is 10.3 Å². The van der Waals surface area contributed by atoms with Crippen molar-refractivity contribution >= 4 is 26.6 Å². The Kier molecular flexibility index (Phi) is 4.57. The average molecular weight is 335 g/mol. The summed E-state index contributed by atoms with van der Waals surface area (Å²) in [6.07, 6.45) is 9.72. The van der Waals surface area contributed by atoms with Crippen molar-refractivity contribution in [2.75, 3.05) is 31.0 Å². The number of nitrogens with zero attached hydrogens (tertiary/aromatic N) is 4. The fourth-order valence-electron chi connectivity index (χ4n) is 3.52. The van der Waals surface area contributed by atoms with Crippen molar-refractivity contribution in [3.8, 4) is 0 Å². The van der Waals surface area contributed by atoms with Gasteiger partial charge in [0.05, 0.1) is 5.39 Å². The molecule has 0 bridgehead atoms. The quantitative estimate of drug-likeness (QED) is 0.932. The SMILES string of the molecule is CN=S(C)(=O)CC1CCC(N(C)c2ncnc3[nH]ccc23)CC1. The van der Waals surface area contributed by atoms with Gasteiger partial charge in [-0.15, -0.1) is 0 Å². The molecule has 2 aromatic rings. The van der Waals surface area contributed by atoms with Crippen LogP contribution in [-0.2, 0) is 9.73 Å². The van der Waals surface area contributed by atoms with E-state index in [4.69, 9.17) is 0 Å². The molecule has 3 rings (SSSR count). The summed E-state index contributed by atoms with van der Waals surface area (Å²) in [7, 11) is 1.79. The molecule has 0 saturated heterocycles. The van der Waals surface area contributed by atoms with Gasteiger partial charge in [0.25, 0.3) is 0 Å². The van der Waals surface area contributed by atoms with E-state index in [1.807, 2.05) is 12.3 Å². The molecule has 1 fully saturated rings. The fourth-order valence-corrected chi connectivity index (χ4v) is 4.88. The zero-order valence-corrected chi connectivity index (χ0v) is 14.8. The van der Waals surface area contributed by atoms with Crippen molar-refractivity contribution in [1.29, 1.82) is 0 Å². The first-order valence-corrected chi connectivity index (χ1v) is 10.2. The monoisotopic (exact) mass is 335 g/mol. The highest BCUT2D eigenvalue weighted by atomic mass is 32.2. The summed E-state index contributed by atoms with van der Waals surface area (Å²) in [5.74, 6) is 2.25. The van der Waals surface area contributed by atoms with Gasteiger partial charge in [0.15, 0.2) is 0 Å². The second kappa shape index (κ2) is 6.47. The van der Waals surface area contributed by atoms with E-state index in [9.17, 15) is 4.21 Å². The standard InChI is InChI=1S/C16H25N5OS/c1-17-23(3,22)10-12-4-6-13(7-5-12)21(2)16-14-8-9-18-15(14)19-11-20-16/h8-9,11-13H,4-7,10H2,1-3H3,(H,18,19,20). The maximum Gasteiger partial charge on any atom is 0.142 e. The molecule has 0 radical (unpaired) electrons. The molecule has 1 unspecified atom stereocenters. The van der Waals surface area contributed by atoms with Crippen LogP contribution in [0.4, 0.5) is 5.82 Å². The minimum absolute atomic E-state index is 0.478. The van der Waals surface area contributed by atoms with Crippen LogP contribution < -0.4 is 4.90 Å². The van der Waals surface area contributed by atoms with Crippen LogP contribution in [0.25, 0.3) is 11.0 Å². The molecule has 2 heterocycles. The predicted molar refractivity (Wildman–Crippen MR) is 95.3 cm³/mol. The van der Waals surface area contributed by atoms with Gasteiger partial charge in [-0.2, -0.15) is 0 Å². The Morgan fingerprint density at radius 3 is 2.78 bits per heavy atom. The molecule has 23 heavy (non-hydrogen) atoms. The highest BCUT2D eigenvalue weighted by molar-refractivity contribution is 7.92. The summed E-state index contributed by atoms with van der Waals surface area (Å²) >= 11 is 0. The minimum atomic E-state index is -1.99.